The van der Waals surface area contributed by atoms with Crippen molar-refractivity contribution in [1.29, 1.82) is 0 Å². The molecule has 1 atom stereocenters. The van der Waals surface area contributed by atoms with Gasteiger partial charge >= 0.3 is 0 Å². The van der Waals surface area contributed by atoms with Crippen molar-refractivity contribution in [3.05, 3.63) is 0 Å². The Morgan fingerprint density at radius 2 is 2.00 bits per heavy atom. The second kappa shape index (κ2) is 4.18. The molecule has 1 heterocycles. The van der Waals surface area contributed by atoms with Gasteiger partial charge in [0.2, 0.25) is 11.8 Å². The van der Waals surface area contributed by atoms with E-state index in [1.54, 1.807) is 0 Å². The van der Waals surface area contributed by atoms with Gasteiger partial charge in [-0.3, -0.25) is 9.59 Å². The molecule has 1 saturated heterocycles. The van der Waals surface area contributed by atoms with Crippen molar-refractivity contribution in [2.24, 2.45) is 5.73 Å². The predicted octanol–water partition coefficient (Wildman–Crippen LogP) is -0.785. The quantitative estimate of drug-likeness (QED) is 0.599. The van der Waals surface area contributed by atoms with Crippen LogP contribution >= 0.6 is 0 Å². The third-order valence-electron chi connectivity index (χ3n) is 2.98. The van der Waals surface area contributed by atoms with Crippen LogP contribution in [-0.2, 0) is 9.59 Å². The molecule has 0 bridgehead atoms. The molecule has 0 radical (unpaired) electrons. The molecule has 0 aromatic carbocycles. The number of nitrogens with zero attached hydrogens (tertiary/aromatic N) is 1. The normalized spacial score (nSPS) is 25.2. The molecule has 1 aliphatic carbocycles. The molecule has 3 N–H and O–H groups in total. The first kappa shape index (κ1) is 10.4. The van der Waals surface area contributed by atoms with Crippen LogP contribution in [-0.4, -0.2) is 41.9 Å². The largest absolute Gasteiger partial charge is 0.369 e. The number of primary amides is 1. The number of amides is 2. The Balaban J connectivity index is 1.98. The monoisotopic (exact) mass is 211 g/mol. The van der Waals surface area contributed by atoms with Crippen molar-refractivity contribution < 1.29 is 9.59 Å². The average molecular weight is 211 g/mol. The Morgan fingerprint density at radius 3 is 2.47 bits per heavy atom. The standard InChI is InChI=1S/C10H17N3O2/c11-9(14)5-10(15)13(7-1-2-7)8-3-4-12-6-8/h7-8,12H,1-6H2,(H2,11,14). The summed E-state index contributed by atoms with van der Waals surface area (Å²) >= 11 is 0. The van der Waals surface area contributed by atoms with Crippen LogP contribution in [0, 0.1) is 0 Å². The van der Waals surface area contributed by atoms with Crippen LogP contribution in [0.2, 0.25) is 0 Å². The lowest BCUT2D eigenvalue weighted by atomic mass is 10.2. The summed E-state index contributed by atoms with van der Waals surface area (Å²) in [5.41, 5.74) is 5.05. The Morgan fingerprint density at radius 1 is 1.27 bits per heavy atom. The zero-order chi connectivity index (χ0) is 10.8. The molecule has 0 spiro atoms. The lowest BCUT2D eigenvalue weighted by Crippen LogP contribution is -2.44. The summed E-state index contributed by atoms with van der Waals surface area (Å²) in [6.07, 6.45) is 2.98. The van der Waals surface area contributed by atoms with Gasteiger partial charge in [-0.2, -0.15) is 0 Å². The van der Waals surface area contributed by atoms with Gasteiger partial charge in [-0.15, -0.1) is 0 Å². The first-order chi connectivity index (χ1) is 7.18. The van der Waals surface area contributed by atoms with Gasteiger partial charge < -0.3 is 16.0 Å². The lowest BCUT2D eigenvalue weighted by molar-refractivity contribution is -0.137. The van der Waals surface area contributed by atoms with Crippen LogP contribution in [0.4, 0.5) is 0 Å². The number of carbonyl (C=O) groups is 2. The van der Waals surface area contributed by atoms with Gasteiger partial charge in [0.15, 0.2) is 0 Å². The third-order valence-corrected chi connectivity index (χ3v) is 2.98. The van der Waals surface area contributed by atoms with Crippen molar-refractivity contribution in [3.8, 4) is 0 Å². The molecule has 2 aliphatic rings. The van der Waals surface area contributed by atoms with E-state index in [2.05, 4.69) is 5.32 Å². The summed E-state index contributed by atoms with van der Waals surface area (Å²) < 4.78 is 0. The van der Waals surface area contributed by atoms with E-state index in [1.165, 1.54) is 0 Å². The van der Waals surface area contributed by atoms with Gasteiger partial charge in [0.1, 0.15) is 6.42 Å². The number of hydrogen-bond acceptors (Lipinski definition) is 3. The Labute approximate surface area is 89.0 Å². The second-order valence-corrected chi connectivity index (χ2v) is 4.32. The van der Waals surface area contributed by atoms with Crippen molar-refractivity contribution in [2.75, 3.05) is 13.1 Å². The van der Waals surface area contributed by atoms with Crippen LogP contribution in [0.5, 0.6) is 0 Å². The van der Waals surface area contributed by atoms with E-state index >= 15 is 0 Å². The molecule has 2 fully saturated rings. The minimum atomic E-state index is -0.531. The molecule has 0 aromatic rings. The molecular formula is C10H17N3O2. The minimum absolute atomic E-state index is 0.0984. The smallest absolute Gasteiger partial charge is 0.232 e. The molecule has 15 heavy (non-hydrogen) atoms. The van der Waals surface area contributed by atoms with Gasteiger partial charge in [0.25, 0.3) is 0 Å². The minimum Gasteiger partial charge on any atom is -0.369 e. The summed E-state index contributed by atoms with van der Waals surface area (Å²) in [5.74, 6) is -0.629. The van der Waals surface area contributed by atoms with E-state index in [9.17, 15) is 9.59 Å². The zero-order valence-electron chi connectivity index (χ0n) is 8.74. The highest BCUT2D eigenvalue weighted by atomic mass is 16.2. The Bertz CT molecular complexity index is 270. The highest BCUT2D eigenvalue weighted by Crippen LogP contribution is 2.30. The van der Waals surface area contributed by atoms with Crippen LogP contribution in [0.3, 0.4) is 0 Å². The Hall–Kier alpha value is -1.10. The topological polar surface area (TPSA) is 75.4 Å². The average Bonchev–Trinajstić information content (AvgIpc) is 2.80. The lowest BCUT2D eigenvalue weighted by Gasteiger charge is -2.28. The number of rotatable bonds is 4. The molecule has 5 nitrogen and oxygen atoms in total. The van der Waals surface area contributed by atoms with Crippen LogP contribution in [0.25, 0.3) is 0 Å². The second-order valence-electron chi connectivity index (χ2n) is 4.32. The van der Waals surface area contributed by atoms with Crippen LogP contribution in [0.1, 0.15) is 25.7 Å². The van der Waals surface area contributed by atoms with E-state index < -0.39 is 5.91 Å². The fraction of sp³-hybridized carbons (Fsp3) is 0.800. The maximum atomic E-state index is 11.8. The molecule has 1 saturated carbocycles. The van der Waals surface area contributed by atoms with Crippen molar-refractivity contribution in [3.63, 3.8) is 0 Å². The maximum Gasteiger partial charge on any atom is 0.232 e. The van der Waals surface area contributed by atoms with E-state index in [4.69, 9.17) is 5.73 Å². The summed E-state index contributed by atoms with van der Waals surface area (Å²) in [4.78, 5) is 24.4. The highest BCUT2D eigenvalue weighted by molar-refractivity contribution is 5.96. The Kier molecular flexibility index (Phi) is 2.90. The summed E-state index contributed by atoms with van der Waals surface area (Å²) in [6.45, 7) is 1.80. The molecule has 0 aromatic heterocycles. The highest BCUT2D eigenvalue weighted by Gasteiger charge is 2.38. The first-order valence-electron chi connectivity index (χ1n) is 5.48. The predicted molar refractivity (Wildman–Crippen MR) is 55.0 cm³/mol. The summed E-state index contributed by atoms with van der Waals surface area (Å²) in [6, 6.07) is 0.631. The van der Waals surface area contributed by atoms with Gasteiger partial charge in [-0.25, -0.2) is 0 Å². The van der Waals surface area contributed by atoms with Gasteiger partial charge in [-0.05, 0) is 25.8 Å². The van der Waals surface area contributed by atoms with E-state index in [-0.39, 0.29) is 18.4 Å². The van der Waals surface area contributed by atoms with Crippen molar-refractivity contribution >= 4 is 11.8 Å². The summed E-state index contributed by atoms with van der Waals surface area (Å²) in [5, 5.41) is 3.23. The number of nitrogens with one attached hydrogen (secondary N) is 1. The van der Waals surface area contributed by atoms with Crippen LogP contribution in [0.15, 0.2) is 0 Å². The number of nitrogens with two attached hydrogens (primary N) is 1. The molecule has 1 aliphatic heterocycles. The molecule has 84 valence electrons. The first-order valence-corrected chi connectivity index (χ1v) is 5.48. The number of carbonyl (C=O) groups excluding carboxylic acids is 2. The fourth-order valence-corrected chi connectivity index (χ4v) is 2.18. The maximum absolute atomic E-state index is 11.8. The summed E-state index contributed by atoms with van der Waals surface area (Å²) in [7, 11) is 0. The zero-order valence-corrected chi connectivity index (χ0v) is 8.74. The van der Waals surface area contributed by atoms with Crippen molar-refractivity contribution in [2.45, 2.75) is 37.8 Å². The van der Waals surface area contributed by atoms with Crippen molar-refractivity contribution in [1.82, 2.24) is 10.2 Å². The molecule has 1 unspecified atom stereocenters. The molecule has 5 heteroatoms. The molecule has 2 rings (SSSR count). The van der Waals surface area contributed by atoms with Gasteiger partial charge in [0, 0.05) is 18.6 Å². The van der Waals surface area contributed by atoms with E-state index in [0.29, 0.717) is 6.04 Å². The van der Waals surface area contributed by atoms with Gasteiger partial charge in [-0.1, -0.05) is 0 Å². The molecule has 2 amide bonds. The fourth-order valence-electron chi connectivity index (χ4n) is 2.18. The van der Waals surface area contributed by atoms with E-state index in [0.717, 1.165) is 32.4 Å². The number of hydrogen-bond donors (Lipinski definition) is 2. The van der Waals surface area contributed by atoms with Gasteiger partial charge in [0.05, 0.1) is 0 Å². The molecular weight excluding hydrogens is 194 g/mol. The van der Waals surface area contributed by atoms with E-state index in [1.807, 2.05) is 4.90 Å². The SMILES string of the molecule is NC(=O)CC(=O)N(C1CC1)C1CCNC1. The third kappa shape index (κ3) is 2.47. The van der Waals surface area contributed by atoms with Crippen LogP contribution < -0.4 is 11.1 Å².